The summed E-state index contributed by atoms with van der Waals surface area (Å²) in [6.07, 6.45) is 5.15. The molecule has 0 saturated carbocycles. The number of nitrogens with two attached hydrogens (primary N) is 1. The highest BCUT2D eigenvalue weighted by atomic mass is 16.1. The smallest absolute Gasteiger partial charge is 0.155 e. The lowest BCUT2D eigenvalue weighted by molar-refractivity contribution is -0.114. The number of hydrogen-bond acceptors (Lipinski definition) is 2. The van der Waals surface area contributed by atoms with E-state index in [0.29, 0.717) is 12.3 Å². The van der Waals surface area contributed by atoms with Crippen molar-refractivity contribution in [1.29, 1.82) is 0 Å². The van der Waals surface area contributed by atoms with E-state index in [2.05, 4.69) is 13.5 Å². The fourth-order valence-corrected chi connectivity index (χ4v) is 1.16. The summed E-state index contributed by atoms with van der Waals surface area (Å²) in [5.41, 5.74) is 5.40. The molecule has 0 bridgehead atoms. The minimum atomic E-state index is 0.148. The maximum absolute atomic E-state index is 10.8. The third-order valence-corrected chi connectivity index (χ3v) is 2.01. The fourth-order valence-electron chi connectivity index (χ4n) is 1.16. The van der Waals surface area contributed by atoms with Crippen LogP contribution in [0.3, 0.4) is 0 Å². The minimum Gasteiger partial charge on any atom is -0.330 e. The molecule has 2 N–H and O–H groups in total. The van der Waals surface area contributed by atoms with E-state index in [4.69, 9.17) is 5.73 Å². The molecular formula is C10H19NO. The van der Waals surface area contributed by atoms with Gasteiger partial charge in [0.1, 0.15) is 0 Å². The predicted octanol–water partition coefficient (Wildman–Crippen LogP) is 1.90. The molecule has 0 aromatic rings. The van der Waals surface area contributed by atoms with E-state index in [1.165, 1.54) is 6.08 Å². The molecule has 2 heteroatoms. The molecule has 2 nitrogen and oxygen atoms in total. The molecule has 1 unspecified atom stereocenters. The second-order valence-corrected chi connectivity index (χ2v) is 3.25. The molecule has 0 fully saturated rings. The number of hydrogen-bond donors (Lipinski definition) is 1. The summed E-state index contributed by atoms with van der Waals surface area (Å²) >= 11 is 0. The molecule has 0 aliphatic heterocycles. The van der Waals surface area contributed by atoms with Crippen LogP contribution in [-0.4, -0.2) is 12.3 Å². The van der Waals surface area contributed by atoms with E-state index >= 15 is 0 Å². The van der Waals surface area contributed by atoms with Crippen molar-refractivity contribution >= 4 is 5.78 Å². The Morgan fingerprint density at radius 3 is 2.75 bits per heavy atom. The third-order valence-electron chi connectivity index (χ3n) is 2.01. The van der Waals surface area contributed by atoms with Gasteiger partial charge in [-0.05, 0) is 31.4 Å². The van der Waals surface area contributed by atoms with Gasteiger partial charge in [0.2, 0.25) is 0 Å². The molecule has 0 amide bonds. The molecule has 0 aromatic carbocycles. The van der Waals surface area contributed by atoms with Gasteiger partial charge < -0.3 is 5.73 Å². The normalized spacial score (nSPS) is 12.5. The lowest BCUT2D eigenvalue weighted by atomic mass is 10.00. The van der Waals surface area contributed by atoms with Crippen molar-refractivity contribution in [2.45, 2.75) is 32.6 Å². The third kappa shape index (κ3) is 6.10. The van der Waals surface area contributed by atoms with E-state index in [1.807, 2.05) is 0 Å². The molecule has 0 saturated heterocycles. The van der Waals surface area contributed by atoms with Crippen LogP contribution in [0.5, 0.6) is 0 Å². The van der Waals surface area contributed by atoms with Crippen LogP contribution in [0.1, 0.15) is 32.6 Å². The Morgan fingerprint density at radius 2 is 2.25 bits per heavy atom. The summed E-state index contributed by atoms with van der Waals surface area (Å²) in [4.78, 5) is 10.8. The highest BCUT2D eigenvalue weighted by Gasteiger charge is 2.01. The first-order valence-electron chi connectivity index (χ1n) is 4.56. The average molecular weight is 169 g/mol. The molecule has 0 spiro atoms. The van der Waals surface area contributed by atoms with Gasteiger partial charge in [-0.2, -0.15) is 0 Å². The second kappa shape index (κ2) is 7.04. The summed E-state index contributed by atoms with van der Waals surface area (Å²) in [7, 11) is 0. The van der Waals surface area contributed by atoms with E-state index in [0.717, 1.165) is 25.8 Å². The van der Waals surface area contributed by atoms with E-state index in [1.54, 1.807) is 0 Å². The number of ketones is 1. The molecule has 0 aromatic heterocycles. The Labute approximate surface area is 74.8 Å². The standard InChI is InChI=1S/C10H19NO/c1-3-10(12)6-4-5-9(2)7-8-11/h3,9H,1,4-8,11H2,2H3. The van der Waals surface area contributed by atoms with Crippen molar-refractivity contribution in [3.05, 3.63) is 12.7 Å². The van der Waals surface area contributed by atoms with Crippen LogP contribution in [0.15, 0.2) is 12.7 Å². The summed E-state index contributed by atoms with van der Waals surface area (Å²) in [6, 6.07) is 0. The van der Waals surface area contributed by atoms with Crippen LogP contribution in [0.2, 0.25) is 0 Å². The maximum Gasteiger partial charge on any atom is 0.155 e. The van der Waals surface area contributed by atoms with E-state index in [-0.39, 0.29) is 5.78 Å². The van der Waals surface area contributed by atoms with Crippen molar-refractivity contribution in [2.24, 2.45) is 11.7 Å². The van der Waals surface area contributed by atoms with Crippen molar-refractivity contribution in [3.63, 3.8) is 0 Å². The molecule has 1 atom stereocenters. The van der Waals surface area contributed by atoms with Gasteiger partial charge in [-0.3, -0.25) is 4.79 Å². The summed E-state index contributed by atoms with van der Waals surface area (Å²) in [6.45, 7) is 6.34. The summed E-state index contributed by atoms with van der Waals surface area (Å²) < 4.78 is 0. The SMILES string of the molecule is C=CC(=O)CCCC(C)CCN. The van der Waals surface area contributed by atoms with Gasteiger partial charge in [-0.25, -0.2) is 0 Å². The summed E-state index contributed by atoms with van der Waals surface area (Å²) in [5.74, 6) is 0.794. The summed E-state index contributed by atoms with van der Waals surface area (Å²) in [5, 5.41) is 0. The van der Waals surface area contributed by atoms with Gasteiger partial charge >= 0.3 is 0 Å². The van der Waals surface area contributed by atoms with E-state index < -0.39 is 0 Å². The zero-order valence-electron chi connectivity index (χ0n) is 7.88. The van der Waals surface area contributed by atoms with Gasteiger partial charge in [0.15, 0.2) is 5.78 Å². The molecule has 0 aliphatic rings. The Balaban J connectivity index is 3.30. The largest absolute Gasteiger partial charge is 0.330 e. The predicted molar refractivity (Wildman–Crippen MR) is 51.9 cm³/mol. The molecular weight excluding hydrogens is 150 g/mol. The average Bonchev–Trinajstić information content (AvgIpc) is 2.04. The topological polar surface area (TPSA) is 43.1 Å². The second-order valence-electron chi connectivity index (χ2n) is 3.25. The lowest BCUT2D eigenvalue weighted by Crippen LogP contribution is -2.06. The highest BCUT2D eigenvalue weighted by molar-refractivity contribution is 5.88. The number of rotatable bonds is 7. The molecule has 0 heterocycles. The molecule has 12 heavy (non-hydrogen) atoms. The van der Waals surface area contributed by atoms with Gasteiger partial charge in [-0.1, -0.05) is 19.9 Å². The van der Waals surface area contributed by atoms with Gasteiger partial charge in [0.25, 0.3) is 0 Å². The minimum absolute atomic E-state index is 0.148. The first-order chi connectivity index (χ1) is 5.70. The van der Waals surface area contributed by atoms with Gasteiger partial charge in [-0.15, -0.1) is 0 Å². The molecule has 70 valence electrons. The Morgan fingerprint density at radius 1 is 1.58 bits per heavy atom. The highest BCUT2D eigenvalue weighted by Crippen LogP contribution is 2.10. The zero-order chi connectivity index (χ0) is 9.40. The molecule has 0 aliphatic carbocycles. The molecule has 0 radical (unpaired) electrons. The zero-order valence-corrected chi connectivity index (χ0v) is 7.88. The van der Waals surface area contributed by atoms with Crippen LogP contribution >= 0.6 is 0 Å². The van der Waals surface area contributed by atoms with Crippen molar-refractivity contribution in [2.75, 3.05) is 6.54 Å². The van der Waals surface area contributed by atoms with Crippen molar-refractivity contribution in [1.82, 2.24) is 0 Å². The number of carbonyl (C=O) groups excluding carboxylic acids is 1. The maximum atomic E-state index is 10.8. The van der Waals surface area contributed by atoms with E-state index in [9.17, 15) is 4.79 Å². The molecule has 0 rings (SSSR count). The monoisotopic (exact) mass is 169 g/mol. The van der Waals surface area contributed by atoms with Crippen LogP contribution < -0.4 is 5.73 Å². The Bertz CT molecular complexity index is 143. The van der Waals surface area contributed by atoms with Crippen LogP contribution in [0.25, 0.3) is 0 Å². The van der Waals surface area contributed by atoms with Crippen LogP contribution in [0, 0.1) is 5.92 Å². The van der Waals surface area contributed by atoms with Gasteiger partial charge in [0, 0.05) is 6.42 Å². The first-order valence-corrected chi connectivity index (χ1v) is 4.56. The quantitative estimate of drug-likeness (QED) is 0.591. The Hall–Kier alpha value is -0.630. The van der Waals surface area contributed by atoms with Crippen molar-refractivity contribution in [3.8, 4) is 0 Å². The lowest BCUT2D eigenvalue weighted by Gasteiger charge is -2.07. The van der Waals surface area contributed by atoms with Crippen LogP contribution in [0.4, 0.5) is 0 Å². The van der Waals surface area contributed by atoms with Crippen LogP contribution in [-0.2, 0) is 4.79 Å². The van der Waals surface area contributed by atoms with Crippen molar-refractivity contribution < 1.29 is 4.79 Å². The fraction of sp³-hybridized carbons (Fsp3) is 0.700. The number of allylic oxidation sites excluding steroid dienone is 1. The Kier molecular flexibility index (Phi) is 6.67. The first kappa shape index (κ1) is 11.4. The van der Waals surface area contributed by atoms with Gasteiger partial charge in [0.05, 0.1) is 0 Å². The number of carbonyl (C=O) groups is 1.